The Kier molecular flexibility index (Phi) is 6.00. The van der Waals surface area contributed by atoms with Crippen molar-refractivity contribution in [3.05, 3.63) is 60.8 Å². The predicted octanol–water partition coefficient (Wildman–Crippen LogP) is 3.72. The Balaban J connectivity index is 1.09. The number of hydrogen-bond donors (Lipinski definition) is 2. The molecule has 1 aromatic carbocycles. The lowest BCUT2D eigenvalue weighted by molar-refractivity contribution is -0.0399. The zero-order chi connectivity index (χ0) is 26.3. The summed E-state index contributed by atoms with van der Waals surface area (Å²) in [6, 6.07) is 7.20. The molecular weight excluding hydrogens is 492 g/mol. The van der Waals surface area contributed by atoms with Crippen molar-refractivity contribution < 1.29 is 13.6 Å². The fraction of sp³-hybridized carbons (Fsp3) is 0.346. The molecule has 2 N–H and O–H groups in total. The van der Waals surface area contributed by atoms with E-state index in [1.54, 1.807) is 11.1 Å². The van der Waals surface area contributed by atoms with Crippen molar-refractivity contribution in [2.24, 2.45) is 0 Å². The first-order valence-corrected chi connectivity index (χ1v) is 12.4. The molecule has 0 radical (unpaired) electrons. The number of anilines is 1. The van der Waals surface area contributed by atoms with E-state index in [1.165, 1.54) is 12.4 Å². The number of carbonyl (C=O) groups excluding carboxylic acids is 1. The molecule has 4 aromatic rings. The zero-order valence-electron chi connectivity index (χ0n) is 20.4. The summed E-state index contributed by atoms with van der Waals surface area (Å²) in [4.78, 5) is 28.4. The predicted molar refractivity (Wildman–Crippen MR) is 135 cm³/mol. The minimum absolute atomic E-state index is 0.0413. The van der Waals surface area contributed by atoms with Crippen LogP contribution in [0.25, 0.3) is 22.3 Å². The second-order valence-electron chi connectivity index (χ2n) is 9.87. The van der Waals surface area contributed by atoms with Gasteiger partial charge in [-0.15, -0.1) is 0 Å². The van der Waals surface area contributed by atoms with Crippen LogP contribution in [-0.2, 0) is 5.54 Å². The van der Waals surface area contributed by atoms with Crippen molar-refractivity contribution in [3.8, 4) is 17.3 Å². The van der Waals surface area contributed by atoms with Crippen molar-refractivity contribution in [1.82, 2.24) is 34.5 Å². The van der Waals surface area contributed by atoms with Crippen LogP contribution in [0.4, 0.5) is 19.3 Å². The Bertz CT molecular complexity index is 1530. The van der Waals surface area contributed by atoms with Gasteiger partial charge in [-0.25, -0.2) is 23.5 Å². The number of aromatic nitrogens is 5. The molecular formula is C26H25F2N9O. The number of nitrogens with one attached hydrogen (secondary N) is 2. The third-order valence-corrected chi connectivity index (χ3v) is 7.54. The number of H-pyrrole nitrogens is 1. The highest BCUT2D eigenvalue weighted by molar-refractivity contribution is 5.90. The Hall–Kier alpha value is -4.37. The average Bonchev–Trinajstić information content (AvgIpc) is 3.58. The number of rotatable bonds is 5. The number of carbonyl (C=O) groups is 1. The third kappa shape index (κ3) is 4.24. The fourth-order valence-corrected chi connectivity index (χ4v) is 5.48. The van der Waals surface area contributed by atoms with Gasteiger partial charge in [-0.1, -0.05) is 0 Å². The van der Waals surface area contributed by atoms with Gasteiger partial charge in [0.15, 0.2) is 0 Å². The number of benzene rings is 1. The lowest BCUT2D eigenvalue weighted by Crippen LogP contribution is -2.66. The number of aromatic amines is 1. The molecule has 5 heterocycles. The van der Waals surface area contributed by atoms with E-state index in [9.17, 15) is 18.8 Å². The van der Waals surface area contributed by atoms with E-state index in [0.717, 1.165) is 47.3 Å². The summed E-state index contributed by atoms with van der Waals surface area (Å²) in [5.41, 5.74) is 1.94. The van der Waals surface area contributed by atoms with Crippen molar-refractivity contribution in [2.45, 2.75) is 30.8 Å². The van der Waals surface area contributed by atoms with Gasteiger partial charge in [0.1, 0.15) is 29.1 Å². The van der Waals surface area contributed by atoms with Gasteiger partial charge in [-0.2, -0.15) is 10.4 Å². The maximum Gasteiger partial charge on any atom is 0.321 e. The molecule has 0 bridgehead atoms. The normalized spacial score (nSPS) is 17.8. The van der Waals surface area contributed by atoms with Gasteiger partial charge in [0.2, 0.25) is 0 Å². The van der Waals surface area contributed by atoms with Gasteiger partial charge >= 0.3 is 6.03 Å². The lowest BCUT2D eigenvalue weighted by Gasteiger charge is -2.53. The molecule has 10 nitrogen and oxygen atoms in total. The van der Waals surface area contributed by atoms with E-state index in [-0.39, 0.29) is 11.7 Å². The second kappa shape index (κ2) is 9.50. The maximum atomic E-state index is 13.9. The third-order valence-electron chi connectivity index (χ3n) is 7.54. The SMILES string of the molecule is N#CCC1(n2cc(-c3ncnc4[nH]ccc34)cn2)CN(C2CCN(C(=O)Nc3ccc(F)cc3F)CC2)C1. The summed E-state index contributed by atoms with van der Waals surface area (Å²) < 4.78 is 28.9. The van der Waals surface area contributed by atoms with Crippen LogP contribution in [0.2, 0.25) is 0 Å². The molecule has 2 aliphatic rings. The van der Waals surface area contributed by atoms with Crippen LogP contribution < -0.4 is 5.32 Å². The Morgan fingerprint density at radius 1 is 1.21 bits per heavy atom. The lowest BCUT2D eigenvalue weighted by atomic mass is 9.84. The molecule has 0 atom stereocenters. The molecule has 0 saturated carbocycles. The second-order valence-corrected chi connectivity index (χ2v) is 9.87. The average molecular weight is 518 g/mol. The minimum Gasteiger partial charge on any atom is -0.346 e. The zero-order valence-corrected chi connectivity index (χ0v) is 20.4. The van der Waals surface area contributed by atoms with E-state index in [0.29, 0.717) is 32.6 Å². The molecule has 0 aliphatic carbocycles. The van der Waals surface area contributed by atoms with E-state index in [1.807, 2.05) is 23.1 Å². The Morgan fingerprint density at radius 2 is 2.03 bits per heavy atom. The van der Waals surface area contributed by atoms with Gasteiger partial charge < -0.3 is 15.2 Å². The number of piperidine rings is 1. The van der Waals surface area contributed by atoms with Crippen LogP contribution in [0.3, 0.4) is 0 Å². The molecule has 0 spiro atoms. The largest absolute Gasteiger partial charge is 0.346 e. The van der Waals surface area contributed by atoms with Crippen molar-refractivity contribution in [1.29, 1.82) is 5.26 Å². The van der Waals surface area contributed by atoms with Crippen LogP contribution in [0.5, 0.6) is 0 Å². The molecule has 2 amide bonds. The smallest absolute Gasteiger partial charge is 0.321 e. The van der Waals surface area contributed by atoms with E-state index in [4.69, 9.17) is 0 Å². The summed E-state index contributed by atoms with van der Waals surface area (Å²) in [7, 11) is 0. The standard InChI is InChI=1S/C26H25F2N9O/c27-18-1-2-22(21(28)11-18)34-25(38)35-9-4-19(5-10-35)36-14-26(15-36,6-7-29)37-13-17(12-33-37)23-20-3-8-30-24(20)32-16-31-23/h1-3,8,11-13,16,19H,4-6,9-10,14-15H2,(H,34,38)(H,30,31,32). The first-order valence-electron chi connectivity index (χ1n) is 12.4. The van der Waals surface area contributed by atoms with Gasteiger partial charge in [0, 0.05) is 61.6 Å². The van der Waals surface area contributed by atoms with Crippen LogP contribution in [0.15, 0.2) is 49.2 Å². The monoisotopic (exact) mass is 517 g/mol. The number of fused-ring (bicyclic) bond motifs is 1. The van der Waals surface area contributed by atoms with E-state index >= 15 is 0 Å². The molecule has 3 aromatic heterocycles. The minimum atomic E-state index is -0.804. The van der Waals surface area contributed by atoms with Crippen LogP contribution in [-0.4, -0.2) is 72.8 Å². The fourth-order valence-electron chi connectivity index (χ4n) is 5.48. The highest BCUT2D eigenvalue weighted by atomic mass is 19.1. The Labute approximate surface area is 216 Å². The van der Waals surface area contributed by atoms with Crippen LogP contribution >= 0.6 is 0 Å². The van der Waals surface area contributed by atoms with E-state index in [2.05, 4.69) is 36.3 Å². The molecule has 2 aliphatic heterocycles. The topological polar surface area (TPSA) is 119 Å². The molecule has 194 valence electrons. The van der Waals surface area contributed by atoms with Crippen LogP contribution in [0.1, 0.15) is 19.3 Å². The highest BCUT2D eigenvalue weighted by Crippen LogP contribution is 2.37. The highest BCUT2D eigenvalue weighted by Gasteiger charge is 2.48. The number of nitrogens with zero attached hydrogens (tertiary/aromatic N) is 7. The molecule has 2 saturated heterocycles. The van der Waals surface area contributed by atoms with Crippen molar-refractivity contribution in [2.75, 3.05) is 31.5 Å². The summed E-state index contributed by atoms with van der Waals surface area (Å²) in [6.07, 6.45) is 8.92. The summed E-state index contributed by atoms with van der Waals surface area (Å²) in [5, 5.41) is 17.6. The van der Waals surface area contributed by atoms with Gasteiger partial charge in [0.05, 0.1) is 30.1 Å². The number of urea groups is 1. The molecule has 2 fully saturated rings. The van der Waals surface area contributed by atoms with E-state index < -0.39 is 23.2 Å². The summed E-state index contributed by atoms with van der Waals surface area (Å²) in [6.45, 7) is 2.41. The number of hydrogen-bond acceptors (Lipinski definition) is 6. The Morgan fingerprint density at radius 3 is 2.79 bits per heavy atom. The van der Waals surface area contributed by atoms with Crippen molar-refractivity contribution >= 4 is 22.8 Å². The quantitative estimate of drug-likeness (QED) is 0.417. The number of halogens is 2. The van der Waals surface area contributed by atoms with Gasteiger partial charge in [-0.05, 0) is 31.0 Å². The van der Waals surface area contributed by atoms with Gasteiger partial charge in [-0.3, -0.25) is 9.58 Å². The first-order chi connectivity index (χ1) is 18.5. The van der Waals surface area contributed by atoms with Gasteiger partial charge in [0.25, 0.3) is 0 Å². The molecule has 12 heteroatoms. The number of nitriles is 1. The molecule has 38 heavy (non-hydrogen) atoms. The maximum absolute atomic E-state index is 13.9. The summed E-state index contributed by atoms with van der Waals surface area (Å²) in [5.74, 6) is -1.50. The first kappa shape index (κ1) is 24.0. The molecule has 6 rings (SSSR count). The van der Waals surface area contributed by atoms with Crippen molar-refractivity contribution in [3.63, 3.8) is 0 Å². The van der Waals surface area contributed by atoms with Crippen LogP contribution in [0, 0.1) is 23.0 Å². The number of likely N-dealkylation sites (tertiary alicyclic amines) is 2. The molecule has 0 unspecified atom stereocenters. The number of amides is 2. The summed E-state index contributed by atoms with van der Waals surface area (Å²) >= 11 is 0.